The van der Waals surface area contributed by atoms with E-state index in [1.165, 1.54) is 11.1 Å². The molecule has 0 bridgehead atoms. The largest absolute Gasteiger partial charge is 0.478 e. The Kier molecular flexibility index (Phi) is 5.12. The highest BCUT2D eigenvalue weighted by Crippen LogP contribution is 2.18. The predicted molar refractivity (Wildman–Crippen MR) is 102 cm³/mol. The van der Waals surface area contributed by atoms with Gasteiger partial charge in [0.1, 0.15) is 5.82 Å². The Morgan fingerprint density at radius 1 is 1.04 bits per heavy atom. The molecule has 0 aliphatic carbocycles. The molecule has 26 heavy (non-hydrogen) atoms. The van der Waals surface area contributed by atoms with E-state index in [-0.39, 0.29) is 5.56 Å². The molecule has 0 aliphatic rings. The van der Waals surface area contributed by atoms with Crippen molar-refractivity contribution in [3.05, 3.63) is 77.0 Å². The third-order valence-electron chi connectivity index (χ3n) is 3.93. The zero-order chi connectivity index (χ0) is 18.5. The highest BCUT2D eigenvalue weighted by Gasteiger charge is 2.06. The van der Waals surface area contributed by atoms with E-state index in [9.17, 15) is 4.79 Å². The van der Waals surface area contributed by atoms with E-state index < -0.39 is 5.97 Å². The van der Waals surface area contributed by atoms with Crippen molar-refractivity contribution >= 4 is 23.4 Å². The quantitative estimate of drug-likeness (QED) is 0.620. The second-order valence-corrected chi connectivity index (χ2v) is 6.01. The first-order chi connectivity index (χ1) is 12.5. The molecule has 0 fully saturated rings. The van der Waals surface area contributed by atoms with Gasteiger partial charge in [-0.1, -0.05) is 30.3 Å². The Morgan fingerprint density at radius 3 is 2.62 bits per heavy atom. The number of benzene rings is 2. The molecule has 132 valence electrons. The van der Waals surface area contributed by atoms with E-state index in [4.69, 9.17) is 5.11 Å². The molecule has 1 heterocycles. The lowest BCUT2D eigenvalue weighted by atomic mass is 10.1. The summed E-state index contributed by atoms with van der Waals surface area (Å²) in [6, 6.07) is 16.6. The van der Waals surface area contributed by atoms with Crippen LogP contribution >= 0.6 is 0 Å². The van der Waals surface area contributed by atoms with Crippen LogP contribution in [0.1, 0.15) is 27.2 Å². The van der Waals surface area contributed by atoms with Crippen LogP contribution in [0, 0.1) is 13.8 Å². The maximum absolute atomic E-state index is 11.1. The van der Waals surface area contributed by atoms with Crippen molar-refractivity contribution in [1.82, 2.24) is 9.97 Å². The third kappa shape index (κ3) is 4.36. The summed E-state index contributed by atoms with van der Waals surface area (Å²) >= 11 is 0. The van der Waals surface area contributed by atoms with Crippen molar-refractivity contribution in [2.24, 2.45) is 0 Å². The summed E-state index contributed by atoms with van der Waals surface area (Å²) in [4.78, 5) is 20.0. The van der Waals surface area contributed by atoms with Gasteiger partial charge in [0.2, 0.25) is 5.95 Å². The SMILES string of the molecule is Cc1cc(Nc2cccc(C(=O)O)c2)nc(NCc2ccccc2C)n1. The van der Waals surface area contributed by atoms with E-state index in [1.54, 1.807) is 24.3 Å². The Balaban J connectivity index is 1.76. The van der Waals surface area contributed by atoms with Gasteiger partial charge >= 0.3 is 5.97 Å². The molecule has 3 aromatic rings. The number of rotatable bonds is 6. The van der Waals surface area contributed by atoms with E-state index in [2.05, 4.69) is 39.7 Å². The summed E-state index contributed by atoms with van der Waals surface area (Å²) in [5.41, 5.74) is 4.08. The van der Waals surface area contributed by atoms with Crippen molar-refractivity contribution < 1.29 is 9.90 Å². The molecular formula is C20H20N4O2. The highest BCUT2D eigenvalue weighted by atomic mass is 16.4. The van der Waals surface area contributed by atoms with Gasteiger partial charge in [0.05, 0.1) is 5.56 Å². The monoisotopic (exact) mass is 348 g/mol. The predicted octanol–water partition coefficient (Wildman–Crippen LogP) is 4.15. The summed E-state index contributed by atoms with van der Waals surface area (Å²) in [6.45, 7) is 4.58. The number of nitrogens with one attached hydrogen (secondary N) is 2. The number of hydrogen-bond donors (Lipinski definition) is 3. The molecule has 2 aromatic carbocycles. The molecule has 6 nitrogen and oxygen atoms in total. The summed E-state index contributed by atoms with van der Waals surface area (Å²) < 4.78 is 0. The van der Waals surface area contributed by atoms with Gasteiger partial charge in [0.25, 0.3) is 0 Å². The van der Waals surface area contributed by atoms with Crippen LogP contribution in [0.3, 0.4) is 0 Å². The van der Waals surface area contributed by atoms with Crippen molar-refractivity contribution in [2.45, 2.75) is 20.4 Å². The second kappa shape index (κ2) is 7.65. The molecule has 6 heteroatoms. The maximum atomic E-state index is 11.1. The van der Waals surface area contributed by atoms with Gasteiger partial charge in [-0.15, -0.1) is 0 Å². The fourth-order valence-electron chi connectivity index (χ4n) is 2.57. The lowest BCUT2D eigenvalue weighted by Gasteiger charge is -2.11. The lowest BCUT2D eigenvalue weighted by Crippen LogP contribution is -2.07. The van der Waals surface area contributed by atoms with Gasteiger partial charge in [0, 0.05) is 24.0 Å². The van der Waals surface area contributed by atoms with E-state index >= 15 is 0 Å². The summed E-state index contributed by atoms with van der Waals surface area (Å²) in [7, 11) is 0. The number of anilines is 3. The molecule has 0 atom stereocenters. The Hall–Kier alpha value is -3.41. The second-order valence-electron chi connectivity index (χ2n) is 6.01. The molecule has 0 amide bonds. The molecule has 3 N–H and O–H groups in total. The van der Waals surface area contributed by atoms with Gasteiger partial charge < -0.3 is 15.7 Å². The fourth-order valence-corrected chi connectivity index (χ4v) is 2.57. The van der Waals surface area contributed by atoms with Crippen LogP contribution in [-0.2, 0) is 6.54 Å². The minimum atomic E-state index is -0.965. The van der Waals surface area contributed by atoms with Crippen LogP contribution < -0.4 is 10.6 Å². The van der Waals surface area contributed by atoms with Crippen LogP contribution in [0.15, 0.2) is 54.6 Å². The first-order valence-corrected chi connectivity index (χ1v) is 8.26. The van der Waals surface area contributed by atoms with Gasteiger partial charge in [-0.25, -0.2) is 9.78 Å². The molecule has 1 aromatic heterocycles. The topological polar surface area (TPSA) is 87.1 Å². The average molecular weight is 348 g/mol. The number of aryl methyl sites for hydroxylation is 2. The van der Waals surface area contributed by atoms with Gasteiger partial charge in [-0.2, -0.15) is 4.98 Å². The van der Waals surface area contributed by atoms with Crippen molar-refractivity contribution in [2.75, 3.05) is 10.6 Å². The van der Waals surface area contributed by atoms with Gasteiger partial charge in [0.15, 0.2) is 0 Å². The standard InChI is InChI=1S/C20H20N4O2/c1-13-6-3-4-7-16(13)12-21-20-22-14(2)10-18(24-20)23-17-9-5-8-15(11-17)19(25)26/h3-11H,12H2,1-2H3,(H,25,26)(H2,21,22,23,24). The van der Waals surface area contributed by atoms with Crippen molar-refractivity contribution in [3.8, 4) is 0 Å². The lowest BCUT2D eigenvalue weighted by molar-refractivity contribution is 0.0697. The molecule has 0 saturated carbocycles. The first kappa shape index (κ1) is 17.4. The minimum absolute atomic E-state index is 0.221. The van der Waals surface area contributed by atoms with Crippen LogP contribution in [0.4, 0.5) is 17.5 Å². The summed E-state index contributed by atoms with van der Waals surface area (Å²) in [5, 5.41) is 15.5. The number of hydrogen-bond acceptors (Lipinski definition) is 5. The van der Waals surface area contributed by atoms with Crippen LogP contribution in [0.2, 0.25) is 0 Å². The highest BCUT2D eigenvalue weighted by molar-refractivity contribution is 5.89. The van der Waals surface area contributed by atoms with Gasteiger partial charge in [-0.3, -0.25) is 0 Å². The number of carboxylic acids is 1. The number of carbonyl (C=O) groups is 1. The zero-order valence-electron chi connectivity index (χ0n) is 14.7. The molecule has 0 saturated heterocycles. The molecular weight excluding hydrogens is 328 g/mol. The number of carboxylic acid groups (broad SMARTS) is 1. The third-order valence-corrected chi connectivity index (χ3v) is 3.93. The molecule has 0 aliphatic heterocycles. The van der Waals surface area contributed by atoms with Crippen molar-refractivity contribution in [3.63, 3.8) is 0 Å². The molecule has 3 rings (SSSR count). The summed E-state index contributed by atoms with van der Waals surface area (Å²) in [6.07, 6.45) is 0. The zero-order valence-corrected chi connectivity index (χ0v) is 14.7. The van der Waals surface area contributed by atoms with Crippen LogP contribution in [-0.4, -0.2) is 21.0 Å². The minimum Gasteiger partial charge on any atom is -0.478 e. The van der Waals surface area contributed by atoms with Crippen molar-refractivity contribution in [1.29, 1.82) is 0 Å². The fraction of sp³-hybridized carbons (Fsp3) is 0.150. The van der Waals surface area contributed by atoms with E-state index in [0.29, 0.717) is 24.0 Å². The Labute approximate surface area is 152 Å². The first-order valence-electron chi connectivity index (χ1n) is 8.26. The maximum Gasteiger partial charge on any atom is 0.335 e. The number of aromatic carboxylic acids is 1. The van der Waals surface area contributed by atoms with Crippen LogP contribution in [0.5, 0.6) is 0 Å². The van der Waals surface area contributed by atoms with Gasteiger partial charge in [-0.05, 0) is 43.2 Å². The van der Waals surface area contributed by atoms with E-state index in [0.717, 1.165) is 5.69 Å². The smallest absolute Gasteiger partial charge is 0.335 e. The Morgan fingerprint density at radius 2 is 1.85 bits per heavy atom. The summed E-state index contributed by atoms with van der Waals surface area (Å²) in [5.74, 6) is 0.158. The average Bonchev–Trinajstić information content (AvgIpc) is 2.61. The normalized spacial score (nSPS) is 10.4. The Bertz CT molecular complexity index is 941. The molecule has 0 radical (unpaired) electrons. The molecule has 0 unspecified atom stereocenters. The number of aromatic nitrogens is 2. The number of nitrogens with zero attached hydrogens (tertiary/aromatic N) is 2. The van der Waals surface area contributed by atoms with E-state index in [1.807, 2.05) is 25.1 Å². The van der Waals surface area contributed by atoms with Crippen LogP contribution in [0.25, 0.3) is 0 Å². The molecule has 0 spiro atoms.